The predicted molar refractivity (Wildman–Crippen MR) is 236 cm³/mol. The summed E-state index contributed by atoms with van der Waals surface area (Å²) in [6, 6.07) is 73.3. The molecule has 1 aliphatic rings. The molecule has 2 heterocycles. The molecule has 8 aromatic carbocycles. The molecule has 2 aromatic heterocycles. The number of hydrogen-bond donors (Lipinski definition) is 0. The van der Waals surface area contributed by atoms with Crippen LogP contribution in [0.5, 0.6) is 0 Å². The second-order valence-electron chi connectivity index (χ2n) is 14.9. The van der Waals surface area contributed by atoms with E-state index in [1.54, 1.807) is 6.20 Å². The lowest BCUT2D eigenvalue weighted by molar-refractivity contribution is 0.769. The minimum absolute atomic E-state index is 0.493. The van der Waals surface area contributed by atoms with Gasteiger partial charge in [-0.3, -0.25) is 9.97 Å². The minimum atomic E-state index is -0.493. The monoisotopic (exact) mass is 724 g/mol. The van der Waals surface area contributed by atoms with Gasteiger partial charge in [0.15, 0.2) is 0 Å². The molecule has 11 rings (SSSR count). The molecular formula is C55H36N2. The highest BCUT2D eigenvalue weighted by molar-refractivity contribution is 6.22. The van der Waals surface area contributed by atoms with Crippen LogP contribution in [0, 0.1) is 0 Å². The van der Waals surface area contributed by atoms with Gasteiger partial charge in [-0.1, -0.05) is 170 Å². The van der Waals surface area contributed by atoms with Crippen LogP contribution in [-0.4, -0.2) is 9.97 Å². The van der Waals surface area contributed by atoms with E-state index < -0.39 is 5.41 Å². The first kappa shape index (κ1) is 33.0. The summed E-state index contributed by atoms with van der Waals surface area (Å²) in [6.07, 6.45) is 5.64. The zero-order valence-corrected chi connectivity index (χ0v) is 31.2. The van der Waals surface area contributed by atoms with Crippen LogP contribution >= 0.6 is 0 Å². The Kier molecular flexibility index (Phi) is 7.75. The van der Waals surface area contributed by atoms with Gasteiger partial charge in [-0.2, -0.15) is 0 Å². The first-order valence-electron chi connectivity index (χ1n) is 19.6. The second kappa shape index (κ2) is 13.4. The Bertz CT molecular complexity index is 3040. The molecule has 266 valence electrons. The quantitative estimate of drug-likeness (QED) is 0.160. The molecule has 57 heavy (non-hydrogen) atoms. The van der Waals surface area contributed by atoms with Crippen molar-refractivity contribution in [3.05, 3.63) is 241 Å². The van der Waals surface area contributed by atoms with Crippen molar-refractivity contribution in [2.75, 3.05) is 0 Å². The lowest BCUT2D eigenvalue weighted by atomic mass is 9.67. The van der Waals surface area contributed by atoms with Crippen molar-refractivity contribution in [2.45, 2.75) is 5.41 Å². The molecule has 0 saturated heterocycles. The topological polar surface area (TPSA) is 25.8 Å². The van der Waals surface area contributed by atoms with Crippen LogP contribution < -0.4 is 0 Å². The zero-order valence-electron chi connectivity index (χ0n) is 31.2. The van der Waals surface area contributed by atoms with E-state index in [1.165, 1.54) is 77.2 Å². The van der Waals surface area contributed by atoms with Crippen LogP contribution in [-0.2, 0) is 5.41 Å². The van der Waals surface area contributed by atoms with Gasteiger partial charge in [-0.25, -0.2) is 0 Å². The van der Waals surface area contributed by atoms with Crippen molar-refractivity contribution in [2.24, 2.45) is 0 Å². The van der Waals surface area contributed by atoms with E-state index in [1.807, 2.05) is 24.5 Å². The summed E-state index contributed by atoms with van der Waals surface area (Å²) in [7, 11) is 0. The summed E-state index contributed by atoms with van der Waals surface area (Å²) in [6.45, 7) is 0. The third-order valence-electron chi connectivity index (χ3n) is 11.9. The summed E-state index contributed by atoms with van der Waals surface area (Å²) >= 11 is 0. The van der Waals surface area contributed by atoms with Gasteiger partial charge in [0, 0.05) is 29.7 Å². The van der Waals surface area contributed by atoms with E-state index in [9.17, 15) is 0 Å². The van der Waals surface area contributed by atoms with Gasteiger partial charge >= 0.3 is 0 Å². The standard InChI is InChI=1S/C55H36N2/c1-4-15-37(16-5-1)53-46-23-10-11-24-47(46)54(49-33-38(26-30-48(49)53)40-28-31-52(57-36-40)41-17-14-32-56-35-41)39-27-29-45-44-22-12-13-25-50(44)55(51(45)34-39,42-18-6-2-7-19-42)43-20-8-3-9-21-43/h1-36H. The second-order valence-corrected chi connectivity index (χ2v) is 14.9. The number of nitrogens with zero attached hydrogens (tertiary/aromatic N) is 2. The number of pyridine rings is 2. The van der Waals surface area contributed by atoms with Crippen molar-refractivity contribution >= 4 is 21.5 Å². The van der Waals surface area contributed by atoms with Crippen LogP contribution in [0.2, 0.25) is 0 Å². The highest BCUT2D eigenvalue weighted by Crippen LogP contribution is 2.57. The van der Waals surface area contributed by atoms with Gasteiger partial charge in [0.05, 0.1) is 11.1 Å². The van der Waals surface area contributed by atoms with Crippen LogP contribution in [0.15, 0.2) is 219 Å². The number of fused-ring (bicyclic) bond motifs is 5. The molecule has 2 heteroatoms. The number of rotatable bonds is 6. The van der Waals surface area contributed by atoms with Gasteiger partial charge in [0.2, 0.25) is 0 Å². The largest absolute Gasteiger partial charge is 0.264 e. The van der Waals surface area contributed by atoms with Gasteiger partial charge in [0.25, 0.3) is 0 Å². The third kappa shape index (κ3) is 5.18. The molecule has 0 bridgehead atoms. The van der Waals surface area contributed by atoms with Crippen LogP contribution in [0.1, 0.15) is 22.3 Å². The van der Waals surface area contributed by atoms with Crippen molar-refractivity contribution in [1.29, 1.82) is 0 Å². The number of benzene rings is 8. The predicted octanol–water partition coefficient (Wildman–Crippen LogP) is 13.8. The van der Waals surface area contributed by atoms with Crippen molar-refractivity contribution in [3.63, 3.8) is 0 Å². The van der Waals surface area contributed by atoms with Crippen molar-refractivity contribution in [3.8, 4) is 55.8 Å². The number of aromatic nitrogens is 2. The molecular weight excluding hydrogens is 689 g/mol. The molecule has 0 saturated carbocycles. The Hall–Kier alpha value is -7.42. The fourth-order valence-corrected chi connectivity index (χ4v) is 9.43. The smallest absolute Gasteiger partial charge is 0.0717 e. The van der Waals surface area contributed by atoms with Gasteiger partial charge in [-0.05, 0) is 113 Å². The normalized spacial score (nSPS) is 12.7. The molecule has 0 N–H and O–H groups in total. The molecule has 0 fully saturated rings. The van der Waals surface area contributed by atoms with Crippen LogP contribution in [0.25, 0.3) is 77.3 Å². The summed E-state index contributed by atoms with van der Waals surface area (Å²) in [5, 5.41) is 4.90. The maximum atomic E-state index is 4.89. The summed E-state index contributed by atoms with van der Waals surface area (Å²) < 4.78 is 0. The third-order valence-corrected chi connectivity index (χ3v) is 11.9. The highest BCUT2D eigenvalue weighted by atomic mass is 14.7. The summed E-state index contributed by atoms with van der Waals surface area (Å²) in [5.74, 6) is 0. The SMILES string of the molecule is c1ccc(-c2c3ccccc3c(-c3ccc4c(c3)C(c3ccccc3)(c3ccccc3)c3ccccc3-4)c3cc(-c4ccc(-c5cccnc5)nc4)ccc23)cc1. The average Bonchev–Trinajstić information content (AvgIpc) is 3.59. The molecule has 0 radical (unpaired) electrons. The average molecular weight is 725 g/mol. The lowest BCUT2D eigenvalue weighted by Crippen LogP contribution is -2.28. The summed E-state index contributed by atoms with van der Waals surface area (Å²) in [5.41, 5.74) is 16.2. The van der Waals surface area contributed by atoms with Gasteiger partial charge < -0.3 is 0 Å². The van der Waals surface area contributed by atoms with Crippen molar-refractivity contribution in [1.82, 2.24) is 9.97 Å². The molecule has 1 aliphatic carbocycles. The molecule has 0 amide bonds. The Balaban J connectivity index is 1.21. The number of hydrogen-bond acceptors (Lipinski definition) is 2. The van der Waals surface area contributed by atoms with Crippen molar-refractivity contribution < 1.29 is 0 Å². The Morgan fingerprint density at radius 1 is 0.333 bits per heavy atom. The minimum Gasteiger partial charge on any atom is -0.264 e. The fraction of sp³-hybridized carbons (Fsp3) is 0.0182. The molecule has 0 aliphatic heterocycles. The van der Waals surface area contributed by atoms with Crippen LogP contribution in [0.3, 0.4) is 0 Å². The molecule has 0 atom stereocenters. The lowest BCUT2D eigenvalue weighted by Gasteiger charge is -2.34. The van der Waals surface area contributed by atoms with Gasteiger partial charge in [0.1, 0.15) is 0 Å². The molecule has 10 aromatic rings. The first-order chi connectivity index (χ1) is 28.3. The molecule has 2 nitrogen and oxygen atoms in total. The Labute approximate surface area is 332 Å². The van der Waals surface area contributed by atoms with E-state index >= 15 is 0 Å². The van der Waals surface area contributed by atoms with Gasteiger partial charge in [-0.15, -0.1) is 0 Å². The zero-order chi connectivity index (χ0) is 37.8. The van der Waals surface area contributed by atoms with E-state index in [-0.39, 0.29) is 0 Å². The first-order valence-corrected chi connectivity index (χ1v) is 19.6. The maximum absolute atomic E-state index is 4.89. The molecule has 0 spiro atoms. The summed E-state index contributed by atoms with van der Waals surface area (Å²) in [4.78, 5) is 9.20. The maximum Gasteiger partial charge on any atom is 0.0717 e. The van der Waals surface area contributed by atoms with E-state index in [4.69, 9.17) is 4.98 Å². The van der Waals surface area contributed by atoms with E-state index in [0.29, 0.717) is 0 Å². The van der Waals surface area contributed by atoms with E-state index in [2.05, 4.69) is 193 Å². The molecule has 0 unspecified atom stereocenters. The van der Waals surface area contributed by atoms with Crippen LogP contribution in [0.4, 0.5) is 0 Å². The fourth-order valence-electron chi connectivity index (χ4n) is 9.43. The Morgan fingerprint density at radius 2 is 0.912 bits per heavy atom. The van der Waals surface area contributed by atoms with E-state index in [0.717, 1.165) is 22.4 Å². The highest BCUT2D eigenvalue weighted by Gasteiger charge is 2.46. The Morgan fingerprint density at radius 3 is 1.60 bits per heavy atom.